The van der Waals surface area contributed by atoms with Crippen molar-refractivity contribution in [2.24, 2.45) is 0 Å². The number of carbonyl (C=O) groups is 2. The molecule has 2 aromatic rings. The lowest BCUT2D eigenvalue weighted by Gasteiger charge is -2.08. The molecular weight excluding hydrogens is 320 g/mol. The average molecular weight is 340 g/mol. The second kappa shape index (κ2) is 8.68. The minimum atomic E-state index is -0.439. The number of benzene rings is 2. The Morgan fingerprint density at radius 1 is 1.08 bits per heavy atom. The molecule has 130 valence electrons. The third-order valence-electron chi connectivity index (χ3n) is 3.48. The Balaban J connectivity index is 1.99. The predicted molar refractivity (Wildman–Crippen MR) is 94.3 cm³/mol. The van der Waals surface area contributed by atoms with Crippen molar-refractivity contribution in [1.82, 2.24) is 0 Å². The van der Waals surface area contributed by atoms with Gasteiger partial charge in [-0.25, -0.2) is 4.79 Å². The molecule has 0 unspecified atom stereocenters. The minimum absolute atomic E-state index is 0.227. The highest BCUT2D eigenvalue weighted by atomic mass is 16.6. The predicted octanol–water partition coefficient (Wildman–Crippen LogP) is 3.69. The summed E-state index contributed by atoms with van der Waals surface area (Å²) in [4.78, 5) is 22.9. The van der Waals surface area contributed by atoms with Gasteiger partial charge in [-0.1, -0.05) is 30.3 Å². The smallest absolute Gasteiger partial charge is 0.331 e. The molecule has 5 heteroatoms. The molecule has 0 heterocycles. The van der Waals surface area contributed by atoms with E-state index in [1.807, 2.05) is 31.2 Å². The van der Waals surface area contributed by atoms with Gasteiger partial charge in [0, 0.05) is 13.0 Å². The van der Waals surface area contributed by atoms with Crippen LogP contribution in [0.1, 0.15) is 23.6 Å². The fourth-order valence-electron chi connectivity index (χ4n) is 2.16. The van der Waals surface area contributed by atoms with Crippen molar-refractivity contribution in [2.45, 2.75) is 20.5 Å². The monoisotopic (exact) mass is 340 g/mol. The molecule has 0 atom stereocenters. The van der Waals surface area contributed by atoms with Gasteiger partial charge in [0.15, 0.2) is 11.5 Å². The number of hydrogen-bond donors (Lipinski definition) is 0. The molecule has 25 heavy (non-hydrogen) atoms. The van der Waals surface area contributed by atoms with E-state index in [0.717, 1.165) is 16.7 Å². The van der Waals surface area contributed by atoms with Crippen LogP contribution in [-0.4, -0.2) is 19.0 Å². The number of rotatable bonds is 6. The normalized spacial score (nSPS) is 10.5. The summed E-state index contributed by atoms with van der Waals surface area (Å²) in [5, 5.41) is 0. The number of methoxy groups -OCH3 is 1. The van der Waals surface area contributed by atoms with Gasteiger partial charge in [0.2, 0.25) is 0 Å². The molecule has 0 amide bonds. The second-order valence-electron chi connectivity index (χ2n) is 5.37. The van der Waals surface area contributed by atoms with Gasteiger partial charge in [-0.2, -0.15) is 0 Å². The first-order valence-electron chi connectivity index (χ1n) is 7.75. The van der Waals surface area contributed by atoms with Gasteiger partial charge in [0.05, 0.1) is 7.11 Å². The van der Waals surface area contributed by atoms with E-state index < -0.39 is 11.9 Å². The van der Waals surface area contributed by atoms with Crippen molar-refractivity contribution in [3.8, 4) is 11.5 Å². The summed E-state index contributed by atoms with van der Waals surface area (Å²) in [5.41, 5.74) is 2.77. The highest BCUT2D eigenvalue weighted by molar-refractivity contribution is 5.87. The Labute approximate surface area is 146 Å². The summed E-state index contributed by atoms with van der Waals surface area (Å²) in [6.07, 6.45) is 2.96. The number of hydrogen-bond acceptors (Lipinski definition) is 5. The molecule has 0 N–H and O–H groups in total. The molecule has 0 bridgehead atoms. The van der Waals surface area contributed by atoms with E-state index in [0.29, 0.717) is 11.5 Å². The maximum Gasteiger partial charge on any atom is 0.331 e. The van der Waals surface area contributed by atoms with Crippen molar-refractivity contribution >= 4 is 18.0 Å². The van der Waals surface area contributed by atoms with E-state index in [2.05, 4.69) is 0 Å². The molecule has 5 nitrogen and oxygen atoms in total. The van der Waals surface area contributed by atoms with Gasteiger partial charge >= 0.3 is 11.9 Å². The Kier molecular flexibility index (Phi) is 6.34. The molecule has 0 aliphatic heterocycles. The van der Waals surface area contributed by atoms with Gasteiger partial charge in [-0.15, -0.1) is 0 Å². The topological polar surface area (TPSA) is 61.8 Å². The first-order chi connectivity index (χ1) is 12.0. The summed E-state index contributed by atoms with van der Waals surface area (Å²) in [6, 6.07) is 12.7. The Morgan fingerprint density at radius 2 is 1.84 bits per heavy atom. The first kappa shape index (κ1) is 18.3. The molecule has 0 spiro atoms. The van der Waals surface area contributed by atoms with Crippen LogP contribution in [0.3, 0.4) is 0 Å². The SMILES string of the molecule is COc1cc(C=CC(=O)OCc2ccccc2C)ccc1OC(C)=O. The standard InChI is InChI=1S/C20H20O5/c1-14-6-4-5-7-17(14)13-24-20(22)11-9-16-8-10-18(25-15(2)21)19(12-16)23-3/h4-12H,13H2,1-3H3. The van der Waals surface area contributed by atoms with Gasteiger partial charge in [0.1, 0.15) is 6.61 Å². The highest BCUT2D eigenvalue weighted by Gasteiger charge is 2.07. The summed E-state index contributed by atoms with van der Waals surface area (Å²) in [7, 11) is 1.48. The van der Waals surface area contributed by atoms with Gasteiger partial charge in [-0.05, 0) is 41.8 Å². The van der Waals surface area contributed by atoms with Crippen molar-refractivity contribution in [2.75, 3.05) is 7.11 Å². The fraction of sp³-hybridized carbons (Fsp3) is 0.200. The quantitative estimate of drug-likeness (QED) is 0.456. The van der Waals surface area contributed by atoms with Crippen LogP contribution in [0, 0.1) is 6.92 Å². The van der Waals surface area contributed by atoms with Crippen LogP contribution < -0.4 is 9.47 Å². The van der Waals surface area contributed by atoms with Crippen molar-refractivity contribution < 1.29 is 23.8 Å². The molecule has 0 saturated carbocycles. The zero-order chi connectivity index (χ0) is 18.2. The third kappa shape index (κ3) is 5.49. The van der Waals surface area contributed by atoms with E-state index >= 15 is 0 Å². The summed E-state index contributed by atoms with van der Waals surface area (Å²) < 4.78 is 15.5. The largest absolute Gasteiger partial charge is 0.493 e. The second-order valence-corrected chi connectivity index (χ2v) is 5.37. The third-order valence-corrected chi connectivity index (χ3v) is 3.48. The molecule has 0 radical (unpaired) electrons. The van der Waals surface area contributed by atoms with Crippen molar-refractivity contribution in [1.29, 1.82) is 0 Å². The maximum atomic E-state index is 11.9. The molecule has 0 aromatic heterocycles. The summed E-state index contributed by atoms with van der Waals surface area (Å²) >= 11 is 0. The van der Waals surface area contributed by atoms with Crippen LogP contribution in [0.5, 0.6) is 11.5 Å². The molecule has 0 aliphatic rings. The van der Waals surface area contributed by atoms with E-state index in [9.17, 15) is 9.59 Å². The lowest BCUT2D eigenvalue weighted by molar-refractivity contribution is -0.139. The van der Waals surface area contributed by atoms with Crippen LogP contribution >= 0.6 is 0 Å². The zero-order valence-electron chi connectivity index (χ0n) is 14.4. The van der Waals surface area contributed by atoms with E-state index in [1.165, 1.54) is 20.1 Å². The average Bonchev–Trinajstić information content (AvgIpc) is 2.59. The maximum absolute atomic E-state index is 11.9. The molecular formula is C20H20O5. The molecule has 0 fully saturated rings. The molecule has 2 rings (SSSR count). The zero-order valence-corrected chi connectivity index (χ0v) is 14.4. The van der Waals surface area contributed by atoms with E-state index in [4.69, 9.17) is 14.2 Å². The van der Waals surface area contributed by atoms with Crippen molar-refractivity contribution in [3.05, 3.63) is 65.2 Å². The van der Waals surface area contributed by atoms with E-state index in [-0.39, 0.29) is 6.61 Å². The number of ether oxygens (including phenoxy) is 3. The fourth-order valence-corrected chi connectivity index (χ4v) is 2.16. The first-order valence-corrected chi connectivity index (χ1v) is 7.75. The lowest BCUT2D eigenvalue weighted by atomic mass is 10.1. The van der Waals surface area contributed by atoms with Crippen molar-refractivity contribution in [3.63, 3.8) is 0 Å². The van der Waals surface area contributed by atoms with Crippen LogP contribution in [0.4, 0.5) is 0 Å². The number of aryl methyl sites for hydroxylation is 1. The molecule has 0 aliphatic carbocycles. The summed E-state index contributed by atoms with van der Waals surface area (Å²) in [6.45, 7) is 3.51. The lowest BCUT2D eigenvalue weighted by Crippen LogP contribution is -2.03. The van der Waals surface area contributed by atoms with Crippen LogP contribution in [0.2, 0.25) is 0 Å². The molecule has 0 saturated heterocycles. The van der Waals surface area contributed by atoms with Gasteiger partial charge in [0.25, 0.3) is 0 Å². The minimum Gasteiger partial charge on any atom is -0.493 e. The highest BCUT2D eigenvalue weighted by Crippen LogP contribution is 2.28. The Morgan fingerprint density at radius 3 is 2.52 bits per heavy atom. The van der Waals surface area contributed by atoms with E-state index in [1.54, 1.807) is 24.3 Å². The van der Waals surface area contributed by atoms with Crippen LogP contribution in [0.15, 0.2) is 48.5 Å². The summed E-state index contributed by atoms with van der Waals surface area (Å²) in [5.74, 6) is -0.132. The molecule has 2 aromatic carbocycles. The van der Waals surface area contributed by atoms with Crippen LogP contribution in [-0.2, 0) is 20.9 Å². The Bertz CT molecular complexity index is 792. The van der Waals surface area contributed by atoms with Gasteiger partial charge < -0.3 is 14.2 Å². The van der Waals surface area contributed by atoms with Gasteiger partial charge in [-0.3, -0.25) is 4.79 Å². The number of carbonyl (C=O) groups excluding carboxylic acids is 2. The Hall–Kier alpha value is -3.08. The number of esters is 2. The van der Waals surface area contributed by atoms with Crippen LogP contribution in [0.25, 0.3) is 6.08 Å².